The number of aromatic nitrogens is 4. The predicted molar refractivity (Wildman–Crippen MR) is 103 cm³/mol. The minimum Gasteiger partial charge on any atom is -0.476 e. The van der Waals surface area contributed by atoms with Gasteiger partial charge in [-0.25, -0.2) is 9.97 Å². The third-order valence-electron chi connectivity index (χ3n) is 4.77. The number of hydrogen-bond acceptors (Lipinski definition) is 6. The normalized spacial score (nSPS) is 16.0. The molecule has 0 aliphatic carbocycles. The molecule has 1 saturated heterocycles. The van der Waals surface area contributed by atoms with Gasteiger partial charge in [0.15, 0.2) is 0 Å². The summed E-state index contributed by atoms with van der Waals surface area (Å²) in [4.78, 5) is 11.3. The number of ether oxygens (including phenoxy) is 1. The van der Waals surface area contributed by atoms with Crippen LogP contribution >= 0.6 is 0 Å². The van der Waals surface area contributed by atoms with Gasteiger partial charge in [0.05, 0.1) is 12.3 Å². The van der Waals surface area contributed by atoms with Gasteiger partial charge in [0.2, 0.25) is 5.88 Å². The fraction of sp³-hybridized carbons (Fsp3) is 0.600. The molecule has 0 N–H and O–H groups in total. The van der Waals surface area contributed by atoms with Crippen LogP contribution in [0.5, 0.6) is 5.88 Å². The van der Waals surface area contributed by atoms with Gasteiger partial charge in [0.1, 0.15) is 11.6 Å². The van der Waals surface area contributed by atoms with Crippen molar-refractivity contribution in [1.29, 1.82) is 0 Å². The number of hydrogen-bond donors (Lipinski definition) is 0. The maximum absolute atomic E-state index is 5.87. The van der Waals surface area contributed by atoms with E-state index in [1.165, 1.54) is 0 Å². The van der Waals surface area contributed by atoms with E-state index in [2.05, 4.69) is 51.9 Å². The zero-order valence-electron chi connectivity index (χ0n) is 16.5. The first kappa shape index (κ1) is 18.5. The highest BCUT2D eigenvalue weighted by Gasteiger charge is 2.22. The monoisotopic (exact) mass is 355 g/mol. The van der Waals surface area contributed by atoms with Gasteiger partial charge in [-0.05, 0) is 38.7 Å². The number of rotatable bonds is 4. The number of piperidine rings is 1. The Labute approximate surface area is 156 Å². The fourth-order valence-corrected chi connectivity index (χ4v) is 3.19. The molecule has 140 valence electrons. The third-order valence-corrected chi connectivity index (χ3v) is 4.77. The molecule has 0 spiro atoms. The summed E-state index contributed by atoms with van der Waals surface area (Å²) in [7, 11) is 0. The highest BCUT2D eigenvalue weighted by molar-refractivity contribution is 5.40. The van der Waals surface area contributed by atoms with Crippen LogP contribution in [0.2, 0.25) is 0 Å². The van der Waals surface area contributed by atoms with Crippen molar-refractivity contribution < 1.29 is 4.74 Å². The van der Waals surface area contributed by atoms with E-state index < -0.39 is 0 Å². The summed E-state index contributed by atoms with van der Waals surface area (Å²) in [5.74, 6) is 3.03. The molecular weight excluding hydrogens is 326 g/mol. The first-order chi connectivity index (χ1) is 12.3. The molecule has 0 saturated carbocycles. The van der Waals surface area contributed by atoms with E-state index in [4.69, 9.17) is 4.74 Å². The van der Waals surface area contributed by atoms with Crippen LogP contribution < -0.4 is 9.64 Å². The smallest absolute Gasteiger partial charge is 0.233 e. The molecule has 0 amide bonds. The van der Waals surface area contributed by atoms with Crippen LogP contribution in [0, 0.1) is 19.8 Å². The number of nitrogens with zero attached hydrogens (tertiary/aromatic N) is 5. The summed E-state index contributed by atoms with van der Waals surface area (Å²) in [5.41, 5.74) is 2.01. The summed E-state index contributed by atoms with van der Waals surface area (Å²) in [6.45, 7) is 13.0. The van der Waals surface area contributed by atoms with Crippen molar-refractivity contribution in [2.75, 3.05) is 24.6 Å². The predicted octanol–water partition coefficient (Wildman–Crippen LogP) is 3.48. The lowest BCUT2D eigenvalue weighted by atomic mass is 9.92. The molecule has 3 rings (SSSR count). The SMILES string of the molecule is Cc1cc(N2CCC(COc3ccc(C(C)(C)C)nn3)CC2)nc(C)n1. The highest BCUT2D eigenvalue weighted by atomic mass is 16.5. The maximum Gasteiger partial charge on any atom is 0.233 e. The second-order valence-corrected chi connectivity index (χ2v) is 8.16. The molecule has 26 heavy (non-hydrogen) atoms. The van der Waals surface area contributed by atoms with Gasteiger partial charge in [-0.15, -0.1) is 5.10 Å². The van der Waals surface area contributed by atoms with E-state index in [-0.39, 0.29) is 5.41 Å². The van der Waals surface area contributed by atoms with Crippen LogP contribution in [0.1, 0.15) is 50.8 Å². The van der Waals surface area contributed by atoms with Gasteiger partial charge in [-0.2, -0.15) is 5.10 Å². The molecule has 3 heterocycles. The molecule has 0 bridgehead atoms. The van der Waals surface area contributed by atoms with Gasteiger partial charge in [-0.1, -0.05) is 20.8 Å². The van der Waals surface area contributed by atoms with E-state index in [1.807, 2.05) is 26.0 Å². The van der Waals surface area contributed by atoms with Crippen molar-refractivity contribution in [3.05, 3.63) is 35.4 Å². The molecule has 1 aliphatic rings. The Morgan fingerprint density at radius 3 is 2.38 bits per heavy atom. The van der Waals surface area contributed by atoms with Crippen molar-refractivity contribution in [2.24, 2.45) is 5.92 Å². The molecule has 0 unspecified atom stereocenters. The van der Waals surface area contributed by atoms with Crippen molar-refractivity contribution in [2.45, 2.75) is 52.9 Å². The van der Waals surface area contributed by atoms with E-state index in [0.717, 1.165) is 49.0 Å². The minimum atomic E-state index is 0.00998. The van der Waals surface area contributed by atoms with Crippen LogP contribution in [0.4, 0.5) is 5.82 Å². The Balaban J connectivity index is 1.50. The van der Waals surface area contributed by atoms with Gasteiger partial charge in [-0.3, -0.25) is 0 Å². The molecule has 0 atom stereocenters. The fourth-order valence-electron chi connectivity index (χ4n) is 3.19. The Kier molecular flexibility index (Phi) is 5.39. The zero-order valence-corrected chi connectivity index (χ0v) is 16.5. The first-order valence-corrected chi connectivity index (χ1v) is 9.35. The lowest BCUT2D eigenvalue weighted by Gasteiger charge is -2.32. The minimum absolute atomic E-state index is 0.00998. The molecule has 1 aliphatic heterocycles. The van der Waals surface area contributed by atoms with Crippen LogP contribution in [-0.2, 0) is 5.41 Å². The van der Waals surface area contributed by atoms with Gasteiger partial charge >= 0.3 is 0 Å². The standard InChI is InChI=1S/C20H29N5O/c1-14-12-18(22-15(2)21-14)25-10-8-16(9-11-25)13-26-19-7-6-17(23-24-19)20(3,4)5/h6-7,12,16H,8-11,13H2,1-5H3. The van der Waals surface area contributed by atoms with Crippen LogP contribution in [-0.4, -0.2) is 39.9 Å². The molecule has 0 radical (unpaired) electrons. The summed E-state index contributed by atoms with van der Waals surface area (Å²) < 4.78 is 5.87. The van der Waals surface area contributed by atoms with Crippen molar-refractivity contribution in [3.8, 4) is 5.88 Å². The molecular formula is C20H29N5O. The second kappa shape index (κ2) is 7.56. The Morgan fingerprint density at radius 2 is 1.81 bits per heavy atom. The van der Waals surface area contributed by atoms with E-state index in [9.17, 15) is 0 Å². The Bertz CT molecular complexity index is 711. The average Bonchev–Trinajstić information content (AvgIpc) is 2.59. The molecule has 6 heteroatoms. The van der Waals surface area contributed by atoms with Crippen LogP contribution in [0.15, 0.2) is 18.2 Å². The summed E-state index contributed by atoms with van der Waals surface area (Å²) in [6, 6.07) is 6.00. The Hall–Kier alpha value is -2.24. The van der Waals surface area contributed by atoms with Gasteiger partial charge in [0, 0.05) is 36.3 Å². The van der Waals surface area contributed by atoms with Crippen molar-refractivity contribution in [3.63, 3.8) is 0 Å². The van der Waals surface area contributed by atoms with Crippen molar-refractivity contribution in [1.82, 2.24) is 20.2 Å². The topological polar surface area (TPSA) is 64.0 Å². The quantitative estimate of drug-likeness (QED) is 0.837. The number of anilines is 1. The zero-order chi connectivity index (χ0) is 18.7. The van der Waals surface area contributed by atoms with Crippen LogP contribution in [0.25, 0.3) is 0 Å². The molecule has 0 aromatic carbocycles. The molecule has 2 aromatic heterocycles. The summed E-state index contributed by atoms with van der Waals surface area (Å²) >= 11 is 0. The third kappa shape index (κ3) is 4.68. The van der Waals surface area contributed by atoms with Crippen molar-refractivity contribution >= 4 is 5.82 Å². The summed E-state index contributed by atoms with van der Waals surface area (Å²) in [6.07, 6.45) is 2.19. The summed E-state index contributed by atoms with van der Waals surface area (Å²) in [5, 5.41) is 8.50. The van der Waals surface area contributed by atoms with E-state index in [0.29, 0.717) is 18.4 Å². The Morgan fingerprint density at radius 1 is 1.08 bits per heavy atom. The maximum atomic E-state index is 5.87. The van der Waals surface area contributed by atoms with Gasteiger partial charge in [0.25, 0.3) is 0 Å². The van der Waals surface area contributed by atoms with Crippen LogP contribution in [0.3, 0.4) is 0 Å². The molecule has 2 aromatic rings. The van der Waals surface area contributed by atoms with Gasteiger partial charge < -0.3 is 9.64 Å². The average molecular weight is 355 g/mol. The molecule has 1 fully saturated rings. The lowest BCUT2D eigenvalue weighted by Crippen LogP contribution is -2.36. The highest BCUT2D eigenvalue weighted by Crippen LogP contribution is 2.24. The second-order valence-electron chi connectivity index (χ2n) is 8.16. The van der Waals surface area contributed by atoms with E-state index in [1.54, 1.807) is 0 Å². The lowest BCUT2D eigenvalue weighted by molar-refractivity contribution is 0.213. The van der Waals surface area contributed by atoms with E-state index >= 15 is 0 Å². The number of aryl methyl sites for hydroxylation is 2. The first-order valence-electron chi connectivity index (χ1n) is 9.35. The largest absolute Gasteiger partial charge is 0.476 e. The molecule has 6 nitrogen and oxygen atoms in total.